The van der Waals surface area contributed by atoms with Crippen molar-refractivity contribution in [1.82, 2.24) is 4.98 Å². The summed E-state index contributed by atoms with van der Waals surface area (Å²) in [6.07, 6.45) is 4.80. The summed E-state index contributed by atoms with van der Waals surface area (Å²) < 4.78 is 0.388. The van der Waals surface area contributed by atoms with Crippen LogP contribution in [0.5, 0.6) is 0 Å². The molecular weight excluding hydrogens is 432 g/mol. The first-order valence-electron chi connectivity index (χ1n) is 9.21. The minimum atomic E-state index is -0.424. The molecule has 1 aliphatic heterocycles. The van der Waals surface area contributed by atoms with Crippen molar-refractivity contribution in [2.45, 2.75) is 0 Å². The second-order valence-electron chi connectivity index (χ2n) is 6.63. The summed E-state index contributed by atoms with van der Waals surface area (Å²) in [4.78, 5) is 31.8. The zero-order valence-corrected chi connectivity index (χ0v) is 18.0. The van der Waals surface area contributed by atoms with Gasteiger partial charge in [-0.2, -0.15) is 0 Å². The lowest BCUT2D eigenvalue weighted by atomic mass is 10.1. The molecule has 0 saturated carbocycles. The van der Waals surface area contributed by atoms with Gasteiger partial charge < -0.3 is 4.90 Å². The lowest BCUT2D eigenvalue weighted by Crippen LogP contribution is -2.27. The molecule has 4 rings (SSSR count). The fraction of sp³-hybridized carbons (Fsp3) is 0.0455. The zero-order valence-electron chi connectivity index (χ0n) is 16.3. The summed E-state index contributed by atoms with van der Waals surface area (Å²) in [7, 11) is 1.77. The third-order valence-corrected chi connectivity index (χ3v) is 6.00. The molecule has 0 N–H and O–H groups in total. The number of amides is 1. The monoisotopic (exact) mass is 448 g/mol. The van der Waals surface area contributed by atoms with Crippen LogP contribution >= 0.6 is 24.0 Å². The lowest BCUT2D eigenvalue weighted by Gasteiger charge is -2.19. The van der Waals surface area contributed by atoms with E-state index < -0.39 is 4.92 Å². The van der Waals surface area contributed by atoms with Gasteiger partial charge in [-0.1, -0.05) is 48.2 Å². The number of nitrogens with zero attached hydrogens (tertiary/aromatic N) is 4. The fourth-order valence-electron chi connectivity index (χ4n) is 3.18. The fourth-order valence-corrected chi connectivity index (χ4v) is 4.48. The number of para-hydroxylation sites is 1. The molecule has 2 heterocycles. The van der Waals surface area contributed by atoms with Crippen LogP contribution in [0, 0.1) is 10.1 Å². The van der Waals surface area contributed by atoms with Crippen LogP contribution in [0.15, 0.2) is 78.0 Å². The molecule has 31 heavy (non-hydrogen) atoms. The van der Waals surface area contributed by atoms with Gasteiger partial charge in [0.1, 0.15) is 5.69 Å². The van der Waals surface area contributed by atoms with E-state index in [0.29, 0.717) is 26.2 Å². The molecular formula is C22H16N4O3S2. The standard InChI is InChI=1S/C22H16N4O3S2/c1-24(16-6-3-2-4-7-16)18-10-9-15(12-19(18)26(28)29)13-20-21(27)25(22(30)31-20)17-8-5-11-23-14-17/h2-14H,1H3/b20-13-. The number of thioether (sulfide) groups is 1. The van der Waals surface area contributed by atoms with Crippen molar-refractivity contribution in [3.8, 4) is 0 Å². The maximum atomic E-state index is 12.9. The van der Waals surface area contributed by atoms with E-state index in [2.05, 4.69) is 4.98 Å². The van der Waals surface area contributed by atoms with Crippen molar-refractivity contribution in [2.75, 3.05) is 16.8 Å². The molecule has 7 nitrogen and oxygen atoms in total. The van der Waals surface area contributed by atoms with Crippen LogP contribution in [0.2, 0.25) is 0 Å². The van der Waals surface area contributed by atoms with Gasteiger partial charge in [0.05, 0.1) is 21.7 Å². The van der Waals surface area contributed by atoms with Crippen LogP contribution < -0.4 is 9.80 Å². The Hall–Kier alpha value is -3.56. The summed E-state index contributed by atoms with van der Waals surface area (Å²) in [6, 6.07) is 17.7. The van der Waals surface area contributed by atoms with E-state index in [-0.39, 0.29) is 11.6 Å². The van der Waals surface area contributed by atoms with Crippen molar-refractivity contribution in [3.05, 3.63) is 93.6 Å². The van der Waals surface area contributed by atoms with E-state index in [1.54, 1.807) is 54.7 Å². The van der Waals surface area contributed by atoms with Crippen LogP contribution in [0.3, 0.4) is 0 Å². The number of thiocarbonyl (C=S) groups is 1. The Morgan fingerprint density at radius 2 is 1.94 bits per heavy atom. The predicted molar refractivity (Wildman–Crippen MR) is 127 cm³/mol. The van der Waals surface area contributed by atoms with E-state index in [1.807, 2.05) is 30.3 Å². The number of hydrogen-bond donors (Lipinski definition) is 0. The molecule has 9 heteroatoms. The average molecular weight is 449 g/mol. The minimum Gasteiger partial charge on any atom is -0.339 e. The van der Waals surface area contributed by atoms with Crippen LogP contribution in [0.25, 0.3) is 6.08 Å². The number of benzene rings is 2. The van der Waals surface area contributed by atoms with E-state index in [0.717, 1.165) is 17.4 Å². The molecule has 1 aliphatic rings. The smallest absolute Gasteiger partial charge is 0.293 e. The number of nitro benzene ring substituents is 1. The largest absolute Gasteiger partial charge is 0.339 e. The molecule has 2 aromatic carbocycles. The third-order valence-electron chi connectivity index (χ3n) is 4.70. The first-order chi connectivity index (χ1) is 15.0. The number of anilines is 3. The summed E-state index contributed by atoms with van der Waals surface area (Å²) in [6.45, 7) is 0. The molecule has 1 amide bonds. The zero-order chi connectivity index (χ0) is 22.0. The number of aromatic nitrogens is 1. The van der Waals surface area contributed by atoms with Crippen LogP contribution in [-0.4, -0.2) is 27.2 Å². The highest BCUT2D eigenvalue weighted by molar-refractivity contribution is 8.27. The molecule has 1 fully saturated rings. The molecule has 0 spiro atoms. The maximum absolute atomic E-state index is 12.9. The van der Waals surface area contributed by atoms with Crippen molar-refractivity contribution in [3.63, 3.8) is 0 Å². The first-order valence-corrected chi connectivity index (χ1v) is 10.4. The van der Waals surface area contributed by atoms with E-state index in [9.17, 15) is 14.9 Å². The van der Waals surface area contributed by atoms with Gasteiger partial charge in [-0.15, -0.1) is 0 Å². The van der Waals surface area contributed by atoms with Gasteiger partial charge in [-0.3, -0.25) is 24.8 Å². The highest BCUT2D eigenvalue weighted by Gasteiger charge is 2.33. The number of carbonyl (C=O) groups is 1. The Morgan fingerprint density at radius 1 is 1.16 bits per heavy atom. The minimum absolute atomic E-state index is 0.0529. The molecule has 0 unspecified atom stereocenters. The van der Waals surface area contributed by atoms with Crippen LogP contribution in [-0.2, 0) is 4.79 Å². The normalized spacial score (nSPS) is 14.9. The quantitative estimate of drug-likeness (QED) is 0.231. The highest BCUT2D eigenvalue weighted by atomic mass is 32.2. The summed E-state index contributed by atoms with van der Waals surface area (Å²) in [5.74, 6) is -0.281. The molecule has 0 radical (unpaired) electrons. The van der Waals surface area contributed by atoms with Crippen molar-refractivity contribution >= 4 is 63.0 Å². The van der Waals surface area contributed by atoms with Gasteiger partial charge >= 0.3 is 0 Å². The molecule has 3 aromatic rings. The van der Waals surface area contributed by atoms with Crippen molar-refractivity contribution < 1.29 is 9.72 Å². The van der Waals surface area contributed by atoms with Gasteiger partial charge in [0.2, 0.25) is 0 Å². The van der Waals surface area contributed by atoms with Gasteiger partial charge in [0, 0.05) is 25.0 Å². The summed E-state index contributed by atoms with van der Waals surface area (Å²) in [5.41, 5.74) is 2.36. The van der Waals surface area contributed by atoms with Gasteiger partial charge in [-0.25, -0.2) is 0 Å². The molecule has 1 saturated heterocycles. The van der Waals surface area contributed by atoms with Crippen molar-refractivity contribution in [2.24, 2.45) is 0 Å². The van der Waals surface area contributed by atoms with E-state index >= 15 is 0 Å². The number of pyridine rings is 1. The Bertz CT molecular complexity index is 1200. The van der Waals surface area contributed by atoms with Gasteiger partial charge in [0.25, 0.3) is 11.6 Å². The molecule has 0 aliphatic carbocycles. The lowest BCUT2D eigenvalue weighted by molar-refractivity contribution is -0.384. The second kappa shape index (κ2) is 8.66. The molecule has 0 atom stereocenters. The van der Waals surface area contributed by atoms with Gasteiger partial charge in [0.15, 0.2) is 4.32 Å². The number of carbonyl (C=O) groups excluding carboxylic acids is 1. The second-order valence-corrected chi connectivity index (χ2v) is 8.30. The Morgan fingerprint density at radius 3 is 2.61 bits per heavy atom. The molecule has 154 valence electrons. The van der Waals surface area contributed by atoms with Crippen LogP contribution in [0.4, 0.5) is 22.7 Å². The third kappa shape index (κ3) is 4.18. The number of rotatable bonds is 5. The average Bonchev–Trinajstić information content (AvgIpc) is 3.07. The topological polar surface area (TPSA) is 79.6 Å². The molecule has 1 aromatic heterocycles. The molecule has 0 bridgehead atoms. The van der Waals surface area contributed by atoms with Crippen LogP contribution in [0.1, 0.15) is 5.56 Å². The van der Waals surface area contributed by atoms with Gasteiger partial charge in [-0.05, 0) is 42.0 Å². The maximum Gasteiger partial charge on any atom is 0.293 e. The SMILES string of the molecule is CN(c1ccccc1)c1ccc(/C=C2\SC(=S)N(c3cccnc3)C2=O)cc1[N+](=O)[O-]. The Labute approximate surface area is 188 Å². The van der Waals surface area contributed by atoms with E-state index in [4.69, 9.17) is 12.2 Å². The summed E-state index contributed by atoms with van der Waals surface area (Å²) >= 11 is 6.51. The summed E-state index contributed by atoms with van der Waals surface area (Å²) in [5, 5.41) is 11.8. The number of nitro groups is 1. The van der Waals surface area contributed by atoms with Crippen molar-refractivity contribution in [1.29, 1.82) is 0 Å². The first kappa shape index (κ1) is 20.7. The highest BCUT2D eigenvalue weighted by Crippen LogP contribution is 2.38. The number of hydrogen-bond acceptors (Lipinski definition) is 7. The van der Waals surface area contributed by atoms with E-state index in [1.165, 1.54) is 11.0 Å². The Balaban J connectivity index is 1.67. The predicted octanol–water partition coefficient (Wildman–Crippen LogP) is 5.16. The Kier molecular flexibility index (Phi) is 5.79.